The topological polar surface area (TPSA) is 50.4 Å². The third-order valence-corrected chi connectivity index (χ3v) is 4.54. The number of amides is 2. The summed E-state index contributed by atoms with van der Waals surface area (Å²) in [6.07, 6.45) is 2.32. The molecule has 1 fully saturated rings. The van der Waals surface area contributed by atoms with E-state index in [2.05, 4.69) is 26.6 Å². The molecule has 0 spiro atoms. The minimum Gasteiger partial charge on any atom is -0.376 e. The molecule has 2 heterocycles. The van der Waals surface area contributed by atoms with E-state index in [0.717, 1.165) is 28.8 Å². The highest BCUT2D eigenvalue weighted by Crippen LogP contribution is 2.22. The van der Waals surface area contributed by atoms with Gasteiger partial charge in [-0.15, -0.1) is 11.3 Å². The second-order valence-electron chi connectivity index (χ2n) is 3.89. The number of ether oxygens (including phenoxy) is 1. The largest absolute Gasteiger partial charge is 0.376 e. The summed E-state index contributed by atoms with van der Waals surface area (Å²) < 4.78 is 6.47. The lowest BCUT2D eigenvalue weighted by Crippen LogP contribution is -2.39. The van der Waals surface area contributed by atoms with Crippen molar-refractivity contribution in [2.45, 2.75) is 25.5 Å². The summed E-state index contributed by atoms with van der Waals surface area (Å²) in [5.74, 6) is 0. The number of thiophene rings is 1. The molecule has 0 bridgehead atoms. The fourth-order valence-corrected chi connectivity index (χ4v) is 3.12. The Hall–Kier alpha value is -0.590. The van der Waals surface area contributed by atoms with Crippen LogP contribution in [0.1, 0.15) is 17.7 Å². The molecule has 2 N–H and O–H groups in total. The molecule has 1 aliphatic heterocycles. The van der Waals surface area contributed by atoms with E-state index in [1.165, 1.54) is 0 Å². The maximum Gasteiger partial charge on any atom is 0.315 e. The zero-order valence-electron chi connectivity index (χ0n) is 9.37. The van der Waals surface area contributed by atoms with E-state index in [1.807, 2.05) is 11.4 Å². The Morgan fingerprint density at radius 2 is 2.47 bits per heavy atom. The van der Waals surface area contributed by atoms with Crippen LogP contribution in [0.25, 0.3) is 0 Å². The van der Waals surface area contributed by atoms with E-state index < -0.39 is 0 Å². The van der Waals surface area contributed by atoms with Crippen molar-refractivity contribution in [1.82, 2.24) is 10.6 Å². The molecule has 1 aliphatic rings. The summed E-state index contributed by atoms with van der Waals surface area (Å²) in [4.78, 5) is 12.6. The Morgan fingerprint density at radius 1 is 1.59 bits per heavy atom. The Bertz CT molecular complexity index is 377. The Kier molecular flexibility index (Phi) is 4.82. The summed E-state index contributed by atoms with van der Waals surface area (Å²) in [7, 11) is 0. The number of carbonyl (C=O) groups excluding carboxylic acids is 1. The fourth-order valence-electron chi connectivity index (χ4n) is 1.69. The molecule has 2 rings (SSSR count). The second-order valence-corrected chi connectivity index (χ2v) is 5.75. The third kappa shape index (κ3) is 3.97. The minimum absolute atomic E-state index is 0.138. The van der Waals surface area contributed by atoms with Gasteiger partial charge in [0.2, 0.25) is 0 Å². The van der Waals surface area contributed by atoms with Gasteiger partial charge in [-0.3, -0.25) is 0 Å². The van der Waals surface area contributed by atoms with E-state index in [9.17, 15) is 4.79 Å². The number of nitrogens with one attached hydrogen (secondary N) is 2. The lowest BCUT2D eigenvalue weighted by molar-refractivity contribution is 0.111. The number of hydrogen-bond acceptors (Lipinski definition) is 3. The number of carbonyl (C=O) groups is 1. The average Bonchev–Trinajstić information content (AvgIpc) is 2.95. The first-order valence-corrected chi connectivity index (χ1v) is 7.28. The molecule has 0 aromatic carbocycles. The van der Waals surface area contributed by atoms with Gasteiger partial charge in [0.05, 0.1) is 12.6 Å². The van der Waals surface area contributed by atoms with Gasteiger partial charge in [-0.2, -0.15) is 0 Å². The molecule has 0 radical (unpaired) electrons. The van der Waals surface area contributed by atoms with Crippen molar-refractivity contribution in [2.24, 2.45) is 0 Å². The number of urea groups is 1. The van der Waals surface area contributed by atoms with Crippen molar-refractivity contribution in [3.8, 4) is 0 Å². The standard InChI is InChI=1S/C11H15BrN2O2S/c12-9-3-5-17-10(9)7-14-11(15)13-6-8-2-1-4-16-8/h3,5,8H,1-2,4,6-7H2,(H2,13,14,15)/t8-/m0/s1. The van der Waals surface area contributed by atoms with Crippen LogP contribution in [0.4, 0.5) is 4.79 Å². The first-order valence-electron chi connectivity index (χ1n) is 5.61. The molecule has 1 aromatic heterocycles. The fraction of sp³-hybridized carbons (Fsp3) is 0.545. The summed E-state index contributed by atoms with van der Waals surface area (Å²) in [6.45, 7) is 1.96. The SMILES string of the molecule is O=C(NCc1sccc1Br)NC[C@@H]1CCCO1. The van der Waals surface area contributed by atoms with Crippen LogP contribution in [0.15, 0.2) is 15.9 Å². The first kappa shape index (κ1) is 12.9. The number of rotatable bonds is 4. The van der Waals surface area contributed by atoms with Gasteiger partial charge in [-0.05, 0) is 40.2 Å². The van der Waals surface area contributed by atoms with Crippen LogP contribution in [-0.4, -0.2) is 25.3 Å². The van der Waals surface area contributed by atoms with Gasteiger partial charge >= 0.3 is 6.03 Å². The first-order chi connectivity index (χ1) is 8.25. The van der Waals surface area contributed by atoms with Crippen molar-refractivity contribution >= 4 is 33.3 Å². The van der Waals surface area contributed by atoms with Crippen LogP contribution in [-0.2, 0) is 11.3 Å². The molecular formula is C11H15BrN2O2S. The molecule has 6 heteroatoms. The van der Waals surface area contributed by atoms with Crippen molar-refractivity contribution in [1.29, 1.82) is 0 Å². The zero-order valence-corrected chi connectivity index (χ0v) is 11.8. The average molecular weight is 319 g/mol. The van der Waals surface area contributed by atoms with Gasteiger partial charge in [0, 0.05) is 22.5 Å². The highest BCUT2D eigenvalue weighted by atomic mass is 79.9. The molecule has 1 saturated heterocycles. The zero-order chi connectivity index (χ0) is 12.1. The molecule has 4 nitrogen and oxygen atoms in total. The smallest absolute Gasteiger partial charge is 0.315 e. The van der Waals surface area contributed by atoms with Crippen LogP contribution in [0.3, 0.4) is 0 Å². The molecule has 94 valence electrons. The second kappa shape index (κ2) is 6.37. The highest BCUT2D eigenvalue weighted by molar-refractivity contribution is 9.10. The Labute approximate surface area is 113 Å². The van der Waals surface area contributed by atoms with Crippen molar-refractivity contribution in [3.05, 3.63) is 20.8 Å². The number of hydrogen-bond donors (Lipinski definition) is 2. The van der Waals surface area contributed by atoms with Gasteiger partial charge in [0.1, 0.15) is 0 Å². The normalized spacial score (nSPS) is 19.2. The monoisotopic (exact) mass is 318 g/mol. The molecule has 0 unspecified atom stereocenters. The van der Waals surface area contributed by atoms with E-state index in [0.29, 0.717) is 13.1 Å². The predicted molar refractivity (Wildman–Crippen MR) is 71.2 cm³/mol. The molecule has 0 aliphatic carbocycles. The summed E-state index contributed by atoms with van der Waals surface area (Å²) in [5, 5.41) is 7.64. The molecule has 1 atom stereocenters. The third-order valence-electron chi connectivity index (χ3n) is 2.61. The molecule has 1 aromatic rings. The van der Waals surface area contributed by atoms with Crippen LogP contribution >= 0.6 is 27.3 Å². The van der Waals surface area contributed by atoms with Crippen LogP contribution in [0.2, 0.25) is 0 Å². The quantitative estimate of drug-likeness (QED) is 0.896. The van der Waals surface area contributed by atoms with Gasteiger partial charge < -0.3 is 15.4 Å². The molecule has 0 saturated carbocycles. The summed E-state index contributed by atoms with van der Waals surface area (Å²) >= 11 is 5.05. The number of halogens is 1. The van der Waals surface area contributed by atoms with E-state index in [4.69, 9.17) is 4.74 Å². The highest BCUT2D eigenvalue weighted by Gasteiger charge is 2.15. The maximum absolute atomic E-state index is 11.5. The van der Waals surface area contributed by atoms with Gasteiger partial charge in [0.25, 0.3) is 0 Å². The molecular weight excluding hydrogens is 304 g/mol. The lowest BCUT2D eigenvalue weighted by Gasteiger charge is -2.11. The Morgan fingerprint density at radius 3 is 3.12 bits per heavy atom. The minimum atomic E-state index is -0.138. The van der Waals surface area contributed by atoms with Crippen LogP contribution in [0.5, 0.6) is 0 Å². The predicted octanol–water partition coefficient (Wildman–Crippen LogP) is 2.49. The lowest BCUT2D eigenvalue weighted by atomic mass is 10.2. The summed E-state index contributed by atoms with van der Waals surface area (Å²) in [5.41, 5.74) is 0. The summed E-state index contributed by atoms with van der Waals surface area (Å²) in [6, 6.07) is 1.84. The van der Waals surface area contributed by atoms with Gasteiger partial charge in [-0.25, -0.2) is 4.79 Å². The van der Waals surface area contributed by atoms with Crippen molar-refractivity contribution in [2.75, 3.05) is 13.2 Å². The van der Waals surface area contributed by atoms with Crippen molar-refractivity contribution in [3.63, 3.8) is 0 Å². The van der Waals surface area contributed by atoms with Gasteiger partial charge in [-0.1, -0.05) is 0 Å². The van der Waals surface area contributed by atoms with Gasteiger partial charge in [0.15, 0.2) is 0 Å². The molecule has 2 amide bonds. The van der Waals surface area contributed by atoms with E-state index >= 15 is 0 Å². The van der Waals surface area contributed by atoms with E-state index in [1.54, 1.807) is 11.3 Å². The van der Waals surface area contributed by atoms with Crippen LogP contribution < -0.4 is 10.6 Å². The molecule has 17 heavy (non-hydrogen) atoms. The van der Waals surface area contributed by atoms with E-state index in [-0.39, 0.29) is 12.1 Å². The van der Waals surface area contributed by atoms with Crippen LogP contribution in [0, 0.1) is 0 Å². The maximum atomic E-state index is 11.5. The Balaban J connectivity index is 1.65. The van der Waals surface area contributed by atoms with Crippen molar-refractivity contribution < 1.29 is 9.53 Å².